The van der Waals surface area contributed by atoms with Gasteiger partial charge in [0.1, 0.15) is 0 Å². The highest BCUT2D eigenvalue weighted by molar-refractivity contribution is 7.49. The van der Waals surface area contributed by atoms with Crippen LogP contribution in [0.2, 0.25) is 0 Å². The van der Waals surface area contributed by atoms with Gasteiger partial charge in [-0.2, -0.15) is 0 Å². The molecule has 0 aromatic heterocycles. The second-order valence-corrected chi connectivity index (χ2v) is 3.31. The fraction of sp³-hybridized carbons (Fsp3) is 0. The first-order valence-corrected chi connectivity index (χ1v) is 4.87. The zero-order valence-corrected chi connectivity index (χ0v) is 6.31. The van der Waals surface area contributed by atoms with Gasteiger partial charge in [-0.15, -0.1) is 0 Å². The topological polar surface area (TPSA) is 161 Å². The second kappa shape index (κ2) is 4.17. The van der Waals surface area contributed by atoms with Gasteiger partial charge >= 0.3 is 15.6 Å². The summed E-state index contributed by atoms with van der Waals surface area (Å²) in [5.74, 6) is 0. The predicted molar refractivity (Wildman–Crippen MR) is 30.5 cm³/mol. The quantitative estimate of drug-likeness (QED) is 0.244. The molecule has 0 aliphatic carbocycles. The maximum Gasteiger partial charge on any atom is 0.466 e. The predicted octanol–water partition coefficient (Wildman–Crippen LogP) is -1.89. The summed E-state index contributed by atoms with van der Waals surface area (Å²) in [5.41, 5.74) is 4.02. The van der Waals surface area contributed by atoms with Crippen LogP contribution >= 0.6 is 15.6 Å². The molecule has 0 rings (SSSR count). The molecule has 0 fully saturated rings. The molecule has 0 aromatic carbocycles. The Labute approximate surface area is 55.8 Å². The molecule has 0 atom stereocenters. The number of phosphoric acid groups is 1. The van der Waals surface area contributed by atoms with Crippen LogP contribution in [-0.4, -0.2) is 24.5 Å². The standard InChI is InChI=1S/H4NO3P.H3O4P/c2*1-5(2,3)4/h(H4,1,2,3,4);(H3,1,2,3,4). The van der Waals surface area contributed by atoms with Crippen molar-refractivity contribution in [2.45, 2.75) is 0 Å². The molecule has 0 aliphatic heterocycles. The Hall–Kier alpha value is 0.220. The van der Waals surface area contributed by atoms with Gasteiger partial charge in [-0.05, 0) is 0 Å². The van der Waals surface area contributed by atoms with Crippen molar-refractivity contribution in [1.29, 1.82) is 0 Å². The molecule has 8 nitrogen and oxygen atoms in total. The van der Waals surface area contributed by atoms with Crippen molar-refractivity contribution in [3.8, 4) is 0 Å². The lowest BCUT2D eigenvalue weighted by molar-refractivity contribution is 0.275. The third-order valence-electron chi connectivity index (χ3n) is 0. The Bertz CT molecular complexity index is 124. The fourth-order valence-corrected chi connectivity index (χ4v) is 0. The molecule has 0 unspecified atom stereocenters. The van der Waals surface area contributed by atoms with E-state index in [1.165, 1.54) is 0 Å². The van der Waals surface area contributed by atoms with Gasteiger partial charge in [-0.1, -0.05) is 0 Å². The van der Waals surface area contributed by atoms with Crippen molar-refractivity contribution >= 4 is 15.6 Å². The lowest BCUT2D eigenvalue weighted by atomic mass is 13.9. The largest absolute Gasteiger partial charge is 0.466 e. The molecule has 10 heteroatoms. The van der Waals surface area contributed by atoms with E-state index in [1.54, 1.807) is 0 Å². The molecular formula is H7NO7P2. The van der Waals surface area contributed by atoms with Gasteiger partial charge in [-0.25, -0.2) is 14.6 Å². The maximum absolute atomic E-state index is 9.10. The summed E-state index contributed by atoms with van der Waals surface area (Å²) in [5, 5.41) is 0. The van der Waals surface area contributed by atoms with Gasteiger partial charge in [0, 0.05) is 0 Å². The zero-order valence-electron chi connectivity index (χ0n) is 4.52. The Kier molecular flexibility index (Phi) is 5.36. The molecule has 0 saturated carbocycles. The summed E-state index contributed by atoms with van der Waals surface area (Å²) in [6.45, 7) is 0. The summed E-state index contributed by atoms with van der Waals surface area (Å²) >= 11 is 0. The van der Waals surface area contributed by atoms with Gasteiger partial charge in [0.2, 0.25) is 0 Å². The molecule has 0 heterocycles. The molecule has 0 amide bonds. The molecular weight excluding hydrogens is 188 g/mol. The number of hydrogen-bond acceptors (Lipinski definition) is 2. The van der Waals surface area contributed by atoms with Crippen molar-refractivity contribution in [2.75, 3.05) is 0 Å². The molecule has 64 valence electrons. The van der Waals surface area contributed by atoms with Crippen LogP contribution in [0.4, 0.5) is 0 Å². The van der Waals surface area contributed by atoms with Crippen LogP contribution in [0.1, 0.15) is 0 Å². The average molecular weight is 195 g/mol. The molecule has 0 aromatic rings. The second-order valence-electron chi connectivity index (χ2n) is 1.10. The van der Waals surface area contributed by atoms with Gasteiger partial charge in [0.05, 0.1) is 0 Å². The van der Waals surface area contributed by atoms with Crippen LogP contribution in [0.5, 0.6) is 0 Å². The van der Waals surface area contributed by atoms with E-state index in [2.05, 4.69) is 5.50 Å². The highest BCUT2D eigenvalue weighted by Crippen LogP contribution is 2.25. The van der Waals surface area contributed by atoms with Crippen LogP contribution < -0.4 is 5.50 Å². The minimum atomic E-state index is -4.64. The SMILES string of the molecule is NP(=O)(O)O.O=P(O)(O)O. The van der Waals surface area contributed by atoms with E-state index < -0.39 is 15.6 Å². The minimum absolute atomic E-state index is 4.02. The third kappa shape index (κ3) is 8850. The summed E-state index contributed by atoms with van der Waals surface area (Å²) < 4.78 is 18.0. The summed E-state index contributed by atoms with van der Waals surface area (Å²) in [7, 11) is -8.78. The Balaban J connectivity index is 0. The highest BCUT2D eigenvalue weighted by Gasteiger charge is 2.00. The first kappa shape index (κ1) is 12.9. The fourth-order valence-electron chi connectivity index (χ4n) is 0. The monoisotopic (exact) mass is 195 g/mol. The molecule has 0 spiro atoms. The molecule has 0 aliphatic rings. The number of rotatable bonds is 0. The van der Waals surface area contributed by atoms with Crippen molar-refractivity contribution in [1.82, 2.24) is 0 Å². The van der Waals surface area contributed by atoms with Crippen molar-refractivity contribution in [2.24, 2.45) is 5.50 Å². The first-order chi connectivity index (χ1) is 4.00. The van der Waals surface area contributed by atoms with Gasteiger partial charge in [-0.3, -0.25) is 0 Å². The van der Waals surface area contributed by atoms with Crippen molar-refractivity contribution < 1.29 is 33.6 Å². The van der Waals surface area contributed by atoms with Gasteiger partial charge in [0.15, 0.2) is 0 Å². The van der Waals surface area contributed by atoms with Crippen molar-refractivity contribution in [3.63, 3.8) is 0 Å². The van der Waals surface area contributed by atoms with Crippen LogP contribution in [-0.2, 0) is 9.13 Å². The van der Waals surface area contributed by atoms with Crippen LogP contribution in [0, 0.1) is 0 Å². The summed E-state index contributed by atoms with van der Waals surface area (Å²) in [4.78, 5) is 36.4. The van der Waals surface area contributed by atoms with Crippen LogP contribution in [0.15, 0.2) is 0 Å². The summed E-state index contributed by atoms with van der Waals surface area (Å²) in [6.07, 6.45) is 0. The molecule has 0 saturated heterocycles. The molecule has 0 bridgehead atoms. The maximum atomic E-state index is 9.10. The van der Waals surface area contributed by atoms with Crippen LogP contribution in [0.3, 0.4) is 0 Å². The van der Waals surface area contributed by atoms with E-state index >= 15 is 0 Å². The number of hydrogen-bond donors (Lipinski definition) is 6. The average Bonchev–Trinajstić information content (AvgIpc) is 1.12. The first-order valence-electron chi connectivity index (χ1n) is 1.62. The van der Waals surface area contributed by atoms with Gasteiger partial charge in [0.25, 0.3) is 0 Å². The van der Waals surface area contributed by atoms with E-state index in [0.717, 1.165) is 0 Å². The Morgan fingerprint density at radius 3 is 0.900 bits per heavy atom. The van der Waals surface area contributed by atoms with Gasteiger partial charge < -0.3 is 24.5 Å². The highest BCUT2D eigenvalue weighted by atomic mass is 31.2. The Morgan fingerprint density at radius 1 is 0.900 bits per heavy atom. The summed E-state index contributed by atoms with van der Waals surface area (Å²) in [6, 6.07) is 0. The minimum Gasteiger partial charge on any atom is -0.313 e. The van der Waals surface area contributed by atoms with Crippen LogP contribution in [0.25, 0.3) is 0 Å². The number of nitrogens with two attached hydrogens (primary N) is 1. The smallest absolute Gasteiger partial charge is 0.313 e. The lowest BCUT2D eigenvalue weighted by Crippen LogP contribution is -1.87. The van der Waals surface area contributed by atoms with E-state index in [4.69, 9.17) is 33.6 Å². The normalized spacial score (nSPS) is 11.8. The Morgan fingerprint density at radius 2 is 0.900 bits per heavy atom. The van der Waals surface area contributed by atoms with E-state index in [0.29, 0.717) is 0 Å². The third-order valence-corrected chi connectivity index (χ3v) is 0. The van der Waals surface area contributed by atoms with E-state index in [-0.39, 0.29) is 0 Å². The van der Waals surface area contributed by atoms with E-state index in [1.807, 2.05) is 0 Å². The molecule has 10 heavy (non-hydrogen) atoms. The molecule has 7 N–H and O–H groups in total. The van der Waals surface area contributed by atoms with Crippen molar-refractivity contribution in [3.05, 3.63) is 0 Å². The molecule has 0 radical (unpaired) electrons. The zero-order chi connectivity index (χ0) is 9.00. The lowest BCUT2D eigenvalue weighted by Gasteiger charge is -1.84. The van der Waals surface area contributed by atoms with E-state index in [9.17, 15) is 0 Å².